The Bertz CT molecular complexity index is 1430. The number of halogens is 3. The number of nitrogens with one attached hydrogen (secondary N) is 2. The van der Waals surface area contributed by atoms with Crippen LogP contribution in [-0.2, 0) is 0 Å². The van der Waals surface area contributed by atoms with Crippen LogP contribution in [0.2, 0.25) is 0 Å². The smallest absolute Gasteiger partial charge is 0.390 e. The first-order valence-corrected chi connectivity index (χ1v) is 11.1. The second-order valence-corrected chi connectivity index (χ2v) is 8.31. The zero-order valence-corrected chi connectivity index (χ0v) is 19.9. The molecule has 8 nitrogen and oxygen atoms in total. The maximum Gasteiger partial charge on any atom is 0.390 e. The summed E-state index contributed by atoms with van der Waals surface area (Å²) in [4.78, 5) is 16.0. The van der Waals surface area contributed by atoms with Gasteiger partial charge in [0, 0.05) is 35.5 Å². The lowest BCUT2D eigenvalue weighted by molar-refractivity contribution is -0.131. The van der Waals surface area contributed by atoms with Crippen LogP contribution < -0.4 is 21.1 Å². The van der Waals surface area contributed by atoms with Gasteiger partial charge >= 0.3 is 6.18 Å². The van der Waals surface area contributed by atoms with Gasteiger partial charge in [-0.05, 0) is 43.2 Å². The molecule has 0 atom stereocenters. The molecular weight excluding hydrogens is 473 g/mol. The van der Waals surface area contributed by atoms with E-state index in [-0.39, 0.29) is 6.54 Å². The summed E-state index contributed by atoms with van der Waals surface area (Å²) in [6.07, 6.45) is -3.72. The van der Waals surface area contributed by atoms with Gasteiger partial charge in [-0.1, -0.05) is 12.1 Å². The fourth-order valence-corrected chi connectivity index (χ4v) is 3.80. The fraction of sp³-hybridized carbons (Fsp3) is 0.240. The minimum atomic E-state index is -4.30. The lowest BCUT2D eigenvalue weighted by atomic mass is 10.0. The number of hydrogen-bond acceptors (Lipinski definition) is 6. The number of nitrogens with two attached hydrogens (primary N) is 1. The Morgan fingerprint density at radius 2 is 1.86 bits per heavy atom. The Labute approximate surface area is 205 Å². The standard InChI is InChI=1S/C25H25F3N6O2/c1-14-4-6-17(36-3)11-19(14)32-22-12-20(30-9-8-25(26,27)28)24-31-13-21(34(24)33-22)16-5-7-18(23(29)35)15(2)10-16/h4-7,10-13,30H,8-9H2,1-3H3,(H2,29,35)(H,32,33). The molecule has 4 rings (SSSR count). The first-order chi connectivity index (χ1) is 17.1. The summed E-state index contributed by atoms with van der Waals surface area (Å²) in [6.45, 7) is 3.35. The summed E-state index contributed by atoms with van der Waals surface area (Å²) < 4.78 is 45.2. The average Bonchev–Trinajstić information content (AvgIpc) is 3.23. The van der Waals surface area contributed by atoms with Gasteiger partial charge in [-0.15, -0.1) is 5.10 Å². The number of benzene rings is 2. The molecule has 0 fully saturated rings. The van der Waals surface area contributed by atoms with E-state index < -0.39 is 18.5 Å². The van der Waals surface area contributed by atoms with Gasteiger partial charge in [-0.3, -0.25) is 4.79 Å². The highest BCUT2D eigenvalue weighted by atomic mass is 19.4. The molecule has 2 aromatic carbocycles. The molecule has 11 heteroatoms. The largest absolute Gasteiger partial charge is 0.497 e. The molecule has 4 aromatic rings. The lowest BCUT2D eigenvalue weighted by Crippen LogP contribution is -2.15. The molecule has 0 aliphatic rings. The number of carbonyl (C=O) groups is 1. The van der Waals surface area contributed by atoms with Gasteiger partial charge < -0.3 is 21.1 Å². The summed E-state index contributed by atoms with van der Waals surface area (Å²) in [7, 11) is 1.56. The fourth-order valence-electron chi connectivity index (χ4n) is 3.80. The number of rotatable bonds is 8. The molecule has 36 heavy (non-hydrogen) atoms. The Morgan fingerprint density at radius 3 is 2.53 bits per heavy atom. The van der Waals surface area contributed by atoms with E-state index in [0.717, 1.165) is 11.3 Å². The van der Waals surface area contributed by atoms with Crippen molar-refractivity contribution in [3.8, 4) is 17.0 Å². The molecule has 0 saturated heterocycles. The third-order valence-electron chi connectivity index (χ3n) is 5.69. The molecule has 0 unspecified atom stereocenters. The third-order valence-corrected chi connectivity index (χ3v) is 5.69. The molecule has 4 N–H and O–H groups in total. The molecule has 1 amide bonds. The molecule has 0 bridgehead atoms. The van der Waals surface area contributed by atoms with Gasteiger partial charge in [0.2, 0.25) is 5.91 Å². The SMILES string of the molecule is COc1ccc(C)c(Nc2cc(NCCC(F)(F)F)c3ncc(-c4ccc(C(N)=O)c(C)c4)n3n2)c1. The maximum absolute atomic E-state index is 12.8. The summed E-state index contributed by atoms with van der Waals surface area (Å²) in [5.41, 5.74) is 10.2. The molecular formula is C25H25F3N6O2. The molecule has 0 spiro atoms. The highest BCUT2D eigenvalue weighted by molar-refractivity contribution is 5.95. The number of aromatic nitrogens is 3. The van der Waals surface area contributed by atoms with Crippen LogP contribution in [0, 0.1) is 13.8 Å². The van der Waals surface area contributed by atoms with Crippen molar-refractivity contribution in [1.82, 2.24) is 14.6 Å². The van der Waals surface area contributed by atoms with E-state index >= 15 is 0 Å². The Kier molecular flexibility index (Phi) is 6.73. The monoisotopic (exact) mass is 498 g/mol. The Balaban J connectivity index is 1.80. The van der Waals surface area contributed by atoms with E-state index in [1.807, 2.05) is 19.1 Å². The molecule has 0 aliphatic heterocycles. The van der Waals surface area contributed by atoms with Crippen molar-refractivity contribution in [2.45, 2.75) is 26.4 Å². The number of alkyl halides is 3. The first kappa shape index (κ1) is 24.8. The zero-order valence-electron chi connectivity index (χ0n) is 19.9. The number of anilines is 3. The summed E-state index contributed by atoms with van der Waals surface area (Å²) in [6, 6.07) is 12.3. The second-order valence-electron chi connectivity index (χ2n) is 8.31. The number of methoxy groups -OCH3 is 1. The van der Waals surface area contributed by atoms with Crippen molar-refractivity contribution in [2.24, 2.45) is 5.73 Å². The van der Waals surface area contributed by atoms with E-state index in [9.17, 15) is 18.0 Å². The van der Waals surface area contributed by atoms with Crippen molar-refractivity contribution in [1.29, 1.82) is 0 Å². The van der Waals surface area contributed by atoms with Crippen LogP contribution in [0.15, 0.2) is 48.7 Å². The molecule has 0 saturated carbocycles. The van der Waals surface area contributed by atoms with Crippen LogP contribution in [0.3, 0.4) is 0 Å². The van der Waals surface area contributed by atoms with E-state index in [0.29, 0.717) is 45.3 Å². The van der Waals surface area contributed by atoms with Crippen LogP contribution in [0.5, 0.6) is 5.75 Å². The van der Waals surface area contributed by atoms with Gasteiger partial charge in [-0.2, -0.15) is 13.2 Å². The molecule has 2 heterocycles. The zero-order chi connectivity index (χ0) is 26.0. The number of primary amides is 1. The number of nitrogens with zero attached hydrogens (tertiary/aromatic N) is 3. The number of amides is 1. The van der Waals surface area contributed by atoms with Gasteiger partial charge in [-0.25, -0.2) is 9.50 Å². The number of aryl methyl sites for hydroxylation is 2. The van der Waals surface area contributed by atoms with E-state index in [1.54, 1.807) is 55.1 Å². The minimum Gasteiger partial charge on any atom is -0.497 e. The lowest BCUT2D eigenvalue weighted by Gasteiger charge is -2.15. The van der Waals surface area contributed by atoms with Crippen LogP contribution in [0.25, 0.3) is 16.9 Å². The number of hydrogen-bond donors (Lipinski definition) is 3. The minimum absolute atomic E-state index is 0.324. The quantitative estimate of drug-likeness (QED) is 0.307. The summed E-state index contributed by atoms with van der Waals surface area (Å²) in [5, 5.41) is 10.7. The number of ether oxygens (including phenoxy) is 1. The van der Waals surface area contributed by atoms with Crippen molar-refractivity contribution >= 4 is 28.7 Å². The summed E-state index contributed by atoms with van der Waals surface area (Å²) >= 11 is 0. The molecule has 0 radical (unpaired) electrons. The number of imidazole rings is 1. The van der Waals surface area contributed by atoms with Gasteiger partial charge in [0.15, 0.2) is 11.5 Å². The predicted octanol–water partition coefficient (Wildman–Crippen LogP) is 5.23. The maximum atomic E-state index is 12.8. The second kappa shape index (κ2) is 9.76. The van der Waals surface area contributed by atoms with Crippen molar-refractivity contribution in [3.63, 3.8) is 0 Å². The van der Waals surface area contributed by atoms with E-state index in [4.69, 9.17) is 10.5 Å². The van der Waals surface area contributed by atoms with Crippen LogP contribution in [0.4, 0.5) is 30.4 Å². The number of fused-ring (bicyclic) bond motifs is 1. The van der Waals surface area contributed by atoms with Crippen LogP contribution >= 0.6 is 0 Å². The van der Waals surface area contributed by atoms with E-state index in [1.165, 1.54) is 0 Å². The Hall–Kier alpha value is -4.28. The predicted molar refractivity (Wildman–Crippen MR) is 132 cm³/mol. The molecule has 0 aliphatic carbocycles. The highest BCUT2D eigenvalue weighted by Crippen LogP contribution is 2.30. The van der Waals surface area contributed by atoms with Crippen molar-refractivity contribution in [2.75, 3.05) is 24.3 Å². The van der Waals surface area contributed by atoms with Crippen molar-refractivity contribution < 1.29 is 22.7 Å². The third kappa shape index (κ3) is 5.35. The normalized spacial score (nSPS) is 11.5. The van der Waals surface area contributed by atoms with Crippen LogP contribution in [0.1, 0.15) is 27.9 Å². The van der Waals surface area contributed by atoms with Gasteiger partial charge in [0.25, 0.3) is 0 Å². The summed E-state index contributed by atoms with van der Waals surface area (Å²) in [5.74, 6) is 0.491. The topological polar surface area (TPSA) is 107 Å². The van der Waals surface area contributed by atoms with Crippen molar-refractivity contribution in [3.05, 3.63) is 65.4 Å². The first-order valence-electron chi connectivity index (χ1n) is 11.1. The van der Waals surface area contributed by atoms with E-state index in [2.05, 4.69) is 20.7 Å². The molecule has 2 aromatic heterocycles. The van der Waals surface area contributed by atoms with Crippen LogP contribution in [-0.4, -0.2) is 40.3 Å². The van der Waals surface area contributed by atoms with Gasteiger partial charge in [0.1, 0.15) is 5.75 Å². The molecule has 188 valence electrons. The highest BCUT2D eigenvalue weighted by Gasteiger charge is 2.26. The number of carbonyl (C=O) groups excluding carboxylic acids is 1. The Morgan fingerprint density at radius 1 is 1.08 bits per heavy atom. The average molecular weight is 499 g/mol. The van der Waals surface area contributed by atoms with Gasteiger partial charge in [0.05, 0.1) is 31.1 Å².